The van der Waals surface area contributed by atoms with E-state index < -0.39 is 5.97 Å². The highest BCUT2D eigenvalue weighted by atomic mass is 127. The highest BCUT2D eigenvalue weighted by Gasteiger charge is 2.26. The van der Waals surface area contributed by atoms with Gasteiger partial charge >= 0.3 is 5.97 Å². The molecule has 0 aromatic heterocycles. The maximum Gasteiger partial charge on any atom is 0.363 e. The second-order valence-electron chi connectivity index (χ2n) is 6.39. The summed E-state index contributed by atoms with van der Waals surface area (Å²) in [7, 11) is 0. The molecule has 8 heteroatoms. The smallest absolute Gasteiger partial charge is 0.363 e. The highest BCUT2D eigenvalue weighted by Crippen LogP contribution is 2.36. The predicted molar refractivity (Wildman–Crippen MR) is 131 cm³/mol. The van der Waals surface area contributed by atoms with Crippen molar-refractivity contribution in [3.05, 3.63) is 59.3 Å². The molecule has 0 saturated carbocycles. The van der Waals surface area contributed by atoms with E-state index >= 15 is 0 Å². The molecule has 0 N–H and O–H groups in total. The van der Waals surface area contributed by atoms with Gasteiger partial charge in [0.15, 0.2) is 17.2 Å². The molecule has 0 aliphatic carbocycles. The molecule has 0 amide bonds. The third-order valence-corrected chi connectivity index (χ3v) is 5.57. The fourth-order valence-corrected chi connectivity index (χ4v) is 4.07. The first kappa shape index (κ1) is 22.4. The van der Waals surface area contributed by atoms with Crippen LogP contribution in [-0.4, -0.2) is 24.6 Å². The summed E-state index contributed by atoms with van der Waals surface area (Å²) in [6, 6.07) is 9.19. The lowest BCUT2D eigenvalue weighted by Crippen LogP contribution is -2.09. The molecule has 2 aromatic carbocycles. The summed E-state index contributed by atoms with van der Waals surface area (Å²) in [6.07, 6.45) is 1.68. The minimum atomic E-state index is -0.523. The molecule has 3 rings (SSSR count). The van der Waals surface area contributed by atoms with Crippen LogP contribution in [0.3, 0.4) is 0 Å². The molecule has 152 valence electrons. The number of aliphatic imine (C=N–C) groups is 1. The van der Waals surface area contributed by atoms with E-state index in [1.807, 2.05) is 45.0 Å². The minimum absolute atomic E-state index is 0.0160. The maximum atomic E-state index is 12.4. The van der Waals surface area contributed by atoms with Crippen molar-refractivity contribution in [2.24, 2.45) is 4.99 Å². The zero-order chi connectivity index (χ0) is 21.1. The summed E-state index contributed by atoms with van der Waals surface area (Å²) in [6.45, 7) is 6.33. The molecule has 0 spiro atoms. The number of carbonyl (C=O) groups is 1. The molecule has 1 heterocycles. The molecular weight excluding hydrogens is 619 g/mol. The van der Waals surface area contributed by atoms with E-state index in [4.69, 9.17) is 25.8 Å². The molecule has 0 unspecified atom stereocenters. The van der Waals surface area contributed by atoms with Crippen molar-refractivity contribution in [1.82, 2.24) is 0 Å². The van der Waals surface area contributed by atoms with Gasteiger partial charge in [-0.2, -0.15) is 0 Å². The quantitative estimate of drug-likeness (QED) is 0.219. The number of halogens is 3. The van der Waals surface area contributed by atoms with Crippen LogP contribution in [-0.2, 0) is 9.53 Å². The number of hydrogen-bond donors (Lipinski definition) is 0. The lowest BCUT2D eigenvalue weighted by molar-refractivity contribution is -0.129. The van der Waals surface area contributed by atoms with Gasteiger partial charge in [-0.15, -0.1) is 0 Å². The average molecular weight is 638 g/mol. The molecule has 0 saturated heterocycles. The first-order chi connectivity index (χ1) is 13.8. The summed E-state index contributed by atoms with van der Waals surface area (Å²) in [5.74, 6) is 0.985. The van der Waals surface area contributed by atoms with Gasteiger partial charge < -0.3 is 14.2 Å². The Labute approximate surface area is 201 Å². The predicted octanol–water partition coefficient (Wildman–Crippen LogP) is 6.08. The van der Waals surface area contributed by atoms with Crippen molar-refractivity contribution in [1.29, 1.82) is 0 Å². The second-order valence-corrected chi connectivity index (χ2v) is 9.20. The summed E-state index contributed by atoms with van der Waals surface area (Å²) >= 11 is 10.6. The van der Waals surface area contributed by atoms with Gasteiger partial charge in [0.2, 0.25) is 5.90 Å². The van der Waals surface area contributed by atoms with Crippen LogP contribution >= 0.6 is 56.8 Å². The van der Waals surface area contributed by atoms with Crippen molar-refractivity contribution >= 4 is 74.7 Å². The van der Waals surface area contributed by atoms with Crippen LogP contribution in [0.1, 0.15) is 31.9 Å². The Hall–Kier alpha value is -1.33. The van der Waals surface area contributed by atoms with Gasteiger partial charge in [0, 0.05) is 3.57 Å². The molecule has 1 aliphatic heterocycles. The number of hydrogen-bond acceptors (Lipinski definition) is 5. The van der Waals surface area contributed by atoms with Gasteiger partial charge in [-0.05, 0) is 108 Å². The van der Waals surface area contributed by atoms with E-state index in [0.717, 1.165) is 12.7 Å². The van der Waals surface area contributed by atoms with Crippen molar-refractivity contribution in [2.75, 3.05) is 6.61 Å². The SMILES string of the molecule is CCOc1cc(/C=C2\N=C(c3cc(I)ccc3Cl)OC2=O)cc(I)c1OC(C)C. The molecule has 29 heavy (non-hydrogen) atoms. The molecule has 0 atom stereocenters. The van der Waals surface area contributed by atoms with Crippen molar-refractivity contribution < 1.29 is 19.0 Å². The van der Waals surface area contributed by atoms with E-state index in [9.17, 15) is 4.79 Å². The van der Waals surface area contributed by atoms with Crippen LogP contribution in [0.25, 0.3) is 6.08 Å². The first-order valence-corrected chi connectivity index (χ1v) is 11.4. The molecule has 5 nitrogen and oxygen atoms in total. The number of rotatable bonds is 6. The average Bonchev–Trinajstić information content (AvgIpc) is 3.00. The number of cyclic esters (lactones) is 1. The fourth-order valence-electron chi connectivity index (χ4n) is 2.63. The third-order valence-electron chi connectivity index (χ3n) is 3.77. The lowest BCUT2D eigenvalue weighted by Gasteiger charge is -2.16. The summed E-state index contributed by atoms with van der Waals surface area (Å²) < 4.78 is 18.8. The molecule has 0 fully saturated rings. The standard InChI is InChI=1S/C21H18ClI2NO4/c1-4-27-18-9-12(7-16(24)19(18)28-11(2)3)8-17-21(26)29-20(25-17)14-10-13(23)5-6-15(14)22/h5-11H,4H2,1-3H3/b17-8-. The Balaban J connectivity index is 1.99. The Morgan fingerprint density at radius 1 is 1.24 bits per heavy atom. The number of ether oxygens (including phenoxy) is 3. The molecular formula is C21H18ClI2NO4. The van der Waals surface area contributed by atoms with Gasteiger partial charge in [0.25, 0.3) is 0 Å². The van der Waals surface area contributed by atoms with Gasteiger partial charge in [-0.1, -0.05) is 11.6 Å². The van der Waals surface area contributed by atoms with E-state index in [2.05, 4.69) is 50.2 Å². The number of esters is 1. The van der Waals surface area contributed by atoms with E-state index in [0.29, 0.717) is 28.7 Å². The summed E-state index contributed by atoms with van der Waals surface area (Å²) in [5, 5.41) is 0.474. The highest BCUT2D eigenvalue weighted by molar-refractivity contribution is 14.1. The van der Waals surface area contributed by atoms with Gasteiger partial charge in [-0.3, -0.25) is 0 Å². The van der Waals surface area contributed by atoms with E-state index in [1.54, 1.807) is 12.1 Å². The third kappa shape index (κ3) is 5.43. The Morgan fingerprint density at radius 3 is 2.69 bits per heavy atom. The molecule has 0 bridgehead atoms. The summed E-state index contributed by atoms with van der Waals surface area (Å²) in [4.78, 5) is 16.7. The van der Waals surface area contributed by atoms with Gasteiger partial charge in [-0.25, -0.2) is 9.79 Å². The molecule has 0 radical (unpaired) electrons. The summed E-state index contributed by atoms with van der Waals surface area (Å²) in [5.41, 5.74) is 1.55. The Kier molecular flexibility index (Phi) is 7.44. The first-order valence-electron chi connectivity index (χ1n) is 8.89. The number of carbonyl (C=O) groups excluding carboxylic acids is 1. The van der Waals surface area contributed by atoms with Crippen LogP contribution in [0, 0.1) is 7.14 Å². The van der Waals surface area contributed by atoms with Crippen LogP contribution in [0.4, 0.5) is 0 Å². The Bertz CT molecular complexity index is 1020. The van der Waals surface area contributed by atoms with Gasteiger partial charge in [0.05, 0.1) is 26.9 Å². The largest absolute Gasteiger partial charge is 0.490 e. The van der Waals surface area contributed by atoms with Crippen LogP contribution in [0.5, 0.6) is 11.5 Å². The number of nitrogens with zero attached hydrogens (tertiary/aromatic N) is 1. The van der Waals surface area contributed by atoms with E-state index in [-0.39, 0.29) is 17.7 Å². The van der Waals surface area contributed by atoms with Crippen LogP contribution < -0.4 is 9.47 Å². The molecule has 1 aliphatic rings. The fraction of sp³-hybridized carbons (Fsp3) is 0.238. The van der Waals surface area contributed by atoms with Crippen molar-refractivity contribution in [3.8, 4) is 11.5 Å². The second kappa shape index (κ2) is 9.65. The van der Waals surface area contributed by atoms with Crippen molar-refractivity contribution in [3.63, 3.8) is 0 Å². The number of benzene rings is 2. The lowest BCUT2D eigenvalue weighted by atomic mass is 10.1. The zero-order valence-corrected chi connectivity index (χ0v) is 21.0. The topological polar surface area (TPSA) is 57.1 Å². The Morgan fingerprint density at radius 2 is 2.00 bits per heavy atom. The normalized spacial score (nSPS) is 14.9. The van der Waals surface area contributed by atoms with Crippen LogP contribution in [0.2, 0.25) is 5.02 Å². The minimum Gasteiger partial charge on any atom is -0.490 e. The van der Waals surface area contributed by atoms with Crippen LogP contribution in [0.15, 0.2) is 41.0 Å². The van der Waals surface area contributed by atoms with Crippen molar-refractivity contribution in [2.45, 2.75) is 26.9 Å². The maximum absolute atomic E-state index is 12.4. The van der Waals surface area contributed by atoms with E-state index in [1.165, 1.54) is 0 Å². The monoisotopic (exact) mass is 637 g/mol. The zero-order valence-electron chi connectivity index (χ0n) is 16.0. The van der Waals surface area contributed by atoms with Gasteiger partial charge in [0.1, 0.15) is 0 Å². The molecule has 2 aromatic rings.